The van der Waals surface area contributed by atoms with Gasteiger partial charge in [-0.15, -0.1) is 0 Å². The van der Waals surface area contributed by atoms with E-state index in [1.54, 1.807) is 6.07 Å². The summed E-state index contributed by atoms with van der Waals surface area (Å²) in [7, 11) is 3.33. The number of nitrogens with zero attached hydrogens (tertiary/aromatic N) is 1. The maximum atomic E-state index is 11.7. The van der Waals surface area contributed by atoms with Crippen LogP contribution in [0.25, 0.3) is 0 Å². The van der Waals surface area contributed by atoms with Gasteiger partial charge in [-0.3, -0.25) is 0 Å². The van der Waals surface area contributed by atoms with Gasteiger partial charge in [0.25, 0.3) is 0 Å². The van der Waals surface area contributed by atoms with Crippen LogP contribution in [0.4, 0.5) is 5.69 Å². The Morgan fingerprint density at radius 3 is 2.70 bits per heavy atom. The van der Waals surface area contributed by atoms with E-state index >= 15 is 0 Å². The average Bonchev–Trinajstić information content (AvgIpc) is 2.50. The van der Waals surface area contributed by atoms with Crippen molar-refractivity contribution < 1.29 is 14.3 Å². The molecule has 0 aliphatic carbocycles. The lowest BCUT2D eigenvalue weighted by molar-refractivity contribution is 0.0601. The Bertz CT molecular complexity index is 423. The predicted molar refractivity (Wildman–Crippen MR) is 80.1 cm³/mol. The molecule has 1 unspecified atom stereocenters. The van der Waals surface area contributed by atoms with Crippen LogP contribution >= 0.6 is 0 Å². The Labute approximate surface area is 120 Å². The third-order valence-electron chi connectivity index (χ3n) is 3.17. The maximum absolute atomic E-state index is 11.7. The van der Waals surface area contributed by atoms with Gasteiger partial charge in [-0.05, 0) is 25.5 Å². The molecule has 20 heavy (non-hydrogen) atoms. The molecule has 0 saturated heterocycles. The van der Waals surface area contributed by atoms with Crippen molar-refractivity contribution in [3.05, 3.63) is 29.8 Å². The smallest absolute Gasteiger partial charge is 0.339 e. The number of anilines is 1. The molecule has 1 aromatic carbocycles. The van der Waals surface area contributed by atoms with Crippen molar-refractivity contribution in [2.24, 2.45) is 5.73 Å². The first-order chi connectivity index (χ1) is 9.63. The van der Waals surface area contributed by atoms with Gasteiger partial charge >= 0.3 is 5.97 Å². The molecular weight excluding hydrogens is 256 g/mol. The molecule has 0 aromatic heterocycles. The highest BCUT2D eigenvalue weighted by atomic mass is 16.5. The van der Waals surface area contributed by atoms with Crippen LogP contribution in [0, 0.1) is 0 Å². The van der Waals surface area contributed by atoms with Gasteiger partial charge in [-0.25, -0.2) is 4.79 Å². The number of para-hydroxylation sites is 1. The fourth-order valence-electron chi connectivity index (χ4n) is 2.05. The summed E-state index contributed by atoms with van der Waals surface area (Å²) in [5.41, 5.74) is 7.09. The molecule has 2 N–H and O–H groups in total. The second-order valence-corrected chi connectivity index (χ2v) is 4.53. The second kappa shape index (κ2) is 8.55. The molecule has 0 spiro atoms. The lowest BCUT2D eigenvalue weighted by Gasteiger charge is -2.24. The van der Waals surface area contributed by atoms with Gasteiger partial charge in [-0.2, -0.15) is 0 Å². The molecule has 112 valence electrons. The molecule has 0 saturated carbocycles. The van der Waals surface area contributed by atoms with Gasteiger partial charge < -0.3 is 20.1 Å². The van der Waals surface area contributed by atoms with E-state index in [2.05, 4.69) is 0 Å². The van der Waals surface area contributed by atoms with Crippen molar-refractivity contribution >= 4 is 11.7 Å². The average molecular weight is 280 g/mol. The molecule has 0 amide bonds. The quantitative estimate of drug-likeness (QED) is 0.734. The van der Waals surface area contributed by atoms with Crippen LogP contribution in [0.3, 0.4) is 0 Å². The van der Waals surface area contributed by atoms with Crippen molar-refractivity contribution in [2.45, 2.75) is 19.4 Å². The van der Waals surface area contributed by atoms with Crippen LogP contribution in [0.1, 0.15) is 23.7 Å². The van der Waals surface area contributed by atoms with Crippen molar-refractivity contribution in [3.8, 4) is 0 Å². The van der Waals surface area contributed by atoms with Gasteiger partial charge in [0, 0.05) is 26.7 Å². The molecule has 0 fully saturated rings. The van der Waals surface area contributed by atoms with E-state index in [-0.39, 0.29) is 12.1 Å². The Balaban J connectivity index is 2.72. The first kappa shape index (κ1) is 16.5. The summed E-state index contributed by atoms with van der Waals surface area (Å²) in [4.78, 5) is 13.8. The van der Waals surface area contributed by atoms with Crippen LogP contribution in [0.15, 0.2) is 24.3 Å². The van der Waals surface area contributed by atoms with Crippen molar-refractivity contribution in [3.63, 3.8) is 0 Å². The third kappa shape index (κ3) is 4.51. The number of rotatable bonds is 8. The van der Waals surface area contributed by atoms with Gasteiger partial charge in [0.05, 0.1) is 24.5 Å². The fraction of sp³-hybridized carbons (Fsp3) is 0.533. The topological polar surface area (TPSA) is 64.8 Å². The summed E-state index contributed by atoms with van der Waals surface area (Å²) < 4.78 is 10.3. The van der Waals surface area contributed by atoms with E-state index in [4.69, 9.17) is 15.2 Å². The number of hydrogen-bond acceptors (Lipinski definition) is 5. The van der Waals surface area contributed by atoms with Crippen LogP contribution in [0.2, 0.25) is 0 Å². The van der Waals surface area contributed by atoms with Crippen molar-refractivity contribution in [1.29, 1.82) is 0 Å². The van der Waals surface area contributed by atoms with E-state index in [1.165, 1.54) is 7.11 Å². The highest BCUT2D eigenvalue weighted by Gasteiger charge is 2.15. The van der Waals surface area contributed by atoms with Crippen LogP contribution in [-0.4, -0.2) is 45.9 Å². The Morgan fingerprint density at radius 1 is 1.40 bits per heavy atom. The summed E-state index contributed by atoms with van der Waals surface area (Å²) in [6, 6.07) is 7.40. The third-order valence-corrected chi connectivity index (χ3v) is 3.17. The monoisotopic (exact) mass is 280 g/mol. The molecule has 5 heteroatoms. The van der Waals surface area contributed by atoms with E-state index in [0.717, 1.165) is 18.7 Å². The van der Waals surface area contributed by atoms with Crippen LogP contribution in [0.5, 0.6) is 0 Å². The zero-order valence-electron chi connectivity index (χ0n) is 12.5. The second-order valence-electron chi connectivity index (χ2n) is 4.53. The molecule has 0 radical (unpaired) electrons. The lowest BCUT2D eigenvalue weighted by atomic mass is 10.1. The number of hydrogen-bond donors (Lipinski definition) is 1. The van der Waals surface area contributed by atoms with Gasteiger partial charge in [0.1, 0.15) is 0 Å². The minimum atomic E-state index is -0.326. The van der Waals surface area contributed by atoms with Crippen LogP contribution in [-0.2, 0) is 9.47 Å². The maximum Gasteiger partial charge on any atom is 0.339 e. The van der Waals surface area contributed by atoms with Crippen LogP contribution < -0.4 is 10.6 Å². The molecule has 0 aliphatic heterocycles. The summed E-state index contributed by atoms with van der Waals surface area (Å²) >= 11 is 0. The van der Waals surface area contributed by atoms with Crippen molar-refractivity contribution in [2.75, 3.05) is 38.8 Å². The lowest BCUT2D eigenvalue weighted by Crippen LogP contribution is -2.30. The normalized spacial score (nSPS) is 12.0. The zero-order chi connectivity index (χ0) is 15.0. The number of carbonyl (C=O) groups is 1. The Hall–Kier alpha value is -1.59. The van der Waals surface area contributed by atoms with E-state index in [9.17, 15) is 4.79 Å². The van der Waals surface area contributed by atoms with Crippen molar-refractivity contribution in [1.82, 2.24) is 0 Å². The molecule has 1 rings (SSSR count). The highest BCUT2D eigenvalue weighted by Crippen LogP contribution is 2.20. The summed E-state index contributed by atoms with van der Waals surface area (Å²) in [5, 5.41) is 0. The first-order valence-electron chi connectivity index (χ1n) is 6.84. The largest absolute Gasteiger partial charge is 0.465 e. The van der Waals surface area contributed by atoms with Gasteiger partial charge in [-0.1, -0.05) is 12.1 Å². The molecule has 0 heterocycles. The molecule has 0 bridgehead atoms. The number of esters is 1. The zero-order valence-corrected chi connectivity index (χ0v) is 12.5. The SMILES string of the molecule is CCOC(CN)CCN(C)c1ccccc1C(=O)OC. The highest BCUT2D eigenvalue weighted by molar-refractivity contribution is 5.95. The number of carbonyl (C=O) groups excluding carboxylic acids is 1. The Morgan fingerprint density at radius 2 is 2.10 bits per heavy atom. The predicted octanol–water partition coefficient (Wildman–Crippen LogP) is 1.66. The summed E-state index contributed by atoms with van der Waals surface area (Å²) in [5.74, 6) is -0.326. The fourth-order valence-corrected chi connectivity index (χ4v) is 2.05. The molecular formula is C15H24N2O3. The number of methoxy groups -OCH3 is 1. The summed E-state index contributed by atoms with van der Waals surface area (Å²) in [6.45, 7) is 3.87. The molecule has 1 atom stereocenters. The Kier molecular flexibility index (Phi) is 7.04. The van der Waals surface area contributed by atoms with E-state index in [1.807, 2.05) is 37.1 Å². The van der Waals surface area contributed by atoms with E-state index in [0.29, 0.717) is 18.7 Å². The first-order valence-corrected chi connectivity index (χ1v) is 6.84. The summed E-state index contributed by atoms with van der Waals surface area (Å²) in [6.07, 6.45) is 0.865. The standard InChI is InChI=1S/C15H24N2O3/c1-4-20-12(11-16)9-10-17(2)14-8-6-5-7-13(14)15(18)19-3/h5-8,12H,4,9-11,16H2,1-3H3. The van der Waals surface area contributed by atoms with Gasteiger partial charge in [0.15, 0.2) is 0 Å². The minimum Gasteiger partial charge on any atom is -0.465 e. The molecule has 0 aliphatic rings. The minimum absolute atomic E-state index is 0.0488. The molecule has 5 nitrogen and oxygen atoms in total. The number of benzene rings is 1. The van der Waals surface area contributed by atoms with Gasteiger partial charge in [0.2, 0.25) is 0 Å². The molecule has 1 aromatic rings. The number of nitrogens with two attached hydrogens (primary N) is 1. The number of ether oxygens (including phenoxy) is 2. The van der Waals surface area contributed by atoms with E-state index < -0.39 is 0 Å².